The van der Waals surface area contributed by atoms with Crippen molar-refractivity contribution in [3.63, 3.8) is 0 Å². The molecule has 2 bridgehead atoms. The highest BCUT2D eigenvalue weighted by Crippen LogP contribution is 2.62. The van der Waals surface area contributed by atoms with Gasteiger partial charge in [-0.25, -0.2) is 4.18 Å². The minimum absolute atomic E-state index is 0.202. The first-order chi connectivity index (χ1) is 12.3. The Labute approximate surface area is 152 Å². The molecule has 0 radical (unpaired) electrons. The average molecular weight is 379 g/mol. The van der Waals surface area contributed by atoms with Gasteiger partial charge in [-0.3, -0.25) is 4.55 Å². The second-order valence-corrected chi connectivity index (χ2v) is 8.66. The topological polar surface area (TPSA) is 85.3 Å². The SMILES string of the molecule is COc1ccc2c3c1OC1C(OS(=O)(=O)O)C=CC4C(C2)N(C)CCC341. The highest BCUT2D eigenvalue weighted by molar-refractivity contribution is 7.80. The van der Waals surface area contributed by atoms with Gasteiger partial charge in [-0.1, -0.05) is 18.2 Å². The minimum Gasteiger partial charge on any atom is -0.493 e. The maximum atomic E-state index is 11.4. The Morgan fingerprint density at radius 1 is 1.35 bits per heavy atom. The van der Waals surface area contributed by atoms with Crippen LogP contribution in [0.25, 0.3) is 0 Å². The highest BCUT2D eigenvalue weighted by Gasteiger charge is 2.65. The van der Waals surface area contributed by atoms with E-state index in [-0.39, 0.29) is 11.3 Å². The molecular weight excluding hydrogens is 358 g/mol. The van der Waals surface area contributed by atoms with Gasteiger partial charge in [0.2, 0.25) is 0 Å². The van der Waals surface area contributed by atoms with E-state index in [4.69, 9.17) is 13.7 Å². The number of hydrogen-bond donors (Lipinski definition) is 1. The van der Waals surface area contributed by atoms with Gasteiger partial charge in [0.05, 0.1) is 7.11 Å². The number of benzene rings is 1. The summed E-state index contributed by atoms with van der Waals surface area (Å²) in [6, 6.07) is 4.32. The van der Waals surface area contributed by atoms with E-state index in [0.717, 1.165) is 24.9 Å². The normalized spacial score (nSPS) is 37.2. The fourth-order valence-corrected chi connectivity index (χ4v) is 6.04. The van der Waals surface area contributed by atoms with Crippen LogP contribution in [0, 0.1) is 5.92 Å². The Morgan fingerprint density at radius 3 is 2.88 bits per heavy atom. The number of methoxy groups -OCH3 is 1. The van der Waals surface area contributed by atoms with E-state index < -0.39 is 22.6 Å². The molecule has 0 aromatic heterocycles. The van der Waals surface area contributed by atoms with Gasteiger partial charge in [-0.05, 0) is 38.1 Å². The van der Waals surface area contributed by atoms with E-state index in [2.05, 4.69) is 18.0 Å². The average Bonchev–Trinajstić information content (AvgIpc) is 2.93. The number of likely N-dealkylation sites (N-methyl/N-ethyl adjacent to an activating group) is 1. The molecule has 1 fully saturated rings. The van der Waals surface area contributed by atoms with Crippen molar-refractivity contribution < 1.29 is 26.6 Å². The van der Waals surface area contributed by atoms with Crippen LogP contribution in [0.5, 0.6) is 11.5 Å². The molecule has 1 N–H and O–H groups in total. The smallest absolute Gasteiger partial charge is 0.398 e. The molecule has 1 saturated heterocycles. The lowest BCUT2D eigenvalue weighted by Crippen LogP contribution is -2.65. The molecule has 4 aliphatic rings. The zero-order chi connectivity index (χ0) is 18.3. The molecule has 5 atom stereocenters. The molecule has 1 spiro atoms. The van der Waals surface area contributed by atoms with Crippen molar-refractivity contribution in [2.75, 3.05) is 20.7 Å². The fourth-order valence-electron chi connectivity index (χ4n) is 5.59. The van der Waals surface area contributed by atoms with Gasteiger partial charge in [0.15, 0.2) is 11.5 Å². The summed E-state index contributed by atoms with van der Waals surface area (Å²) in [5, 5.41) is 0. The number of ether oxygens (including phenoxy) is 2. The summed E-state index contributed by atoms with van der Waals surface area (Å²) in [5.41, 5.74) is 1.99. The summed E-state index contributed by atoms with van der Waals surface area (Å²) in [5.74, 6) is 1.54. The van der Waals surface area contributed by atoms with Crippen LogP contribution >= 0.6 is 0 Å². The Hall–Kier alpha value is -1.61. The summed E-state index contributed by atoms with van der Waals surface area (Å²) < 4.78 is 48.8. The molecule has 140 valence electrons. The van der Waals surface area contributed by atoms with Crippen molar-refractivity contribution in [3.8, 4) is 11.5 Å². The lowest BCUT2D eigenvalue weighted by Gasteiger charge is -2.56. The molecule has 26 heavy (non-hydrogen) atoms. The number of nitrogens with zero attached hydrogens (tertiary/aromatic N) is 1. The van der Waals surface area contributed by atoms with Crippen LogP contribution in [0.3, 0.4) is 0 Å². The van der Waals surface area contributed by atoms with Crippen LogP contribution in [0.2, 0.25) is 0 Å². The van der Waals surface area contributed by atoms with E-state index in [0.29, 0.717) is 17.5 Å². The Bertz CT molecular complexity index is 913. The summed E-state index contributed by atoms with van der Waals surface area (Å²) in [7, 11) is -0.857. The maximum Gasteiger partial charge on any atom is 0.398 e. The van der Waals surface area contributed by atoms with Crippen molar-refractivity contribution in [2.45, 2.75) is 36.5 Å². The van der Waals surface area contributed by atoms with E-state index in [1.54, 1.807) is 13.2 Å². The molecule has 5 rings (SSSR count). The fraction of sp³-hybridized carbons (Fsp3) is 0.556. The molecule has 5 unspecified atom stereocenters. The number of rotatable bonds is 3. The first-order valence-corrected chi connectivity index (χ1v) is 10.1. The van der Waals surface area contributed by atoms with Gasteiger partial charge in [0, 0.05) is 22.9 Å². The second kappa shape index (κ2) is 5.22. The summed E-state index contributed by atoms with van der Waals surface area (Å²) >= 11 is 0. The molecule has 0 saturated carbocycles. The van der Waals surface area contributed by atoms with Gasteiger partial charge in [-0.2, -0.15) is 8.42 Å². The molecule has 1 aromatic rings. The van der Waals surface area contributed by atoms with Crippen LogP contribution < -0.4 is 9.47 Å². The van der Waals surface area contributed by atoms with Crippen molar-refractivity contribution in [2.24, 2.45) is 5.92 Å². The third-order valence-electron chi connectivity index (χ3n) is 6.57. The standard InChI is InChI=1S/C18H21NO6S/c1-19-8-7-18-11-4-6-14(25-26(20,21)22)17(18)24-16-13(23-2)5-3-10(15(16)18)9-12(11)19/h3-6,11-12,14,17H,7-9H2,1-2H3,(H,20,21,22). The van der Waals surface area contributed by atoms with E-state index in [1.165, 1.54) is 5.56 Å². The van der Waals surface area contributed by atoms with E-state index >= 15 is 0 Å². The number of likely N-dealkylation sites (tertiary alicyclic amines) is 1. The predicted molar refractivity (Wildman–Crippen MR) is 92.9 cm³/mol. The van der Waals surface area contributed by atoms with Crippen LogP contribution in [0.1, 0.15) is 17.5 Å². The first-order valence-electron chi connectivity index (χ1n) is 8.76. The monoisotopic (exact) mass is 379 g/mol. The van der Waals surface area contributed by atoms with Crippen molar-refractivity contribution >= 4 is 10.4 Å². The third-order valence-corrected chi connectivity index (χ3v) is 7.03. The number of piperidine rings is 1. The molecular formula is C18H21NO6S. The van der Waals surface area contributed by atoms with Crippen molar-refractivity contribution in [1.29, 1.82) is 0 Å². The van der Waals surface area contributed by atoms with Crippen LogP contribution in [0.4, 0.5) is 0 Å². The van der Waals surface area contributed by atoms with Gasteiger partial charge < -0.3 is 14.4 Å². The van der Waals surface area contributed by atoms with E-state index in [9.17, 15) is 13.0 Å². The second-order valence-electron chi connectivity index (χ2n) is 7.61. The maximum absolute atomic E-state index is 11.4. The molecule has 2 heterocycles. The molecule has 2 aliphatic heterocycles. The van der Waals surface area contributed by atoms with Crippen LogP contribution in [-0.4, -0.2) is 56.8 Å². The lowest BCUT2D eigenvalue weighted by atomic mass is 9.53. The molecule has 2 aliphatic carbocycles. The van der Waals surface area contributed by atoms with Gasteiger partial charge in [0.1, 0.15) is 12.2 Å². The Balaban J connectivity index is 1.73. The predicted octanol–water partition coefficient (Wildman–Crippen LogP) is 1.33. The zero-order valence-corrected chi connectivity index (χ0v) is 15.4. The Morgan fingerprint density at radius 2 is 2.15 bits per heavy atom. The van der Waals surface area contributed by atoms with Gasteiger partial charge in [0.25, 0.3) is 0 Å². The highest BCUT2D eigenvalue weighted by atomic mass is 32.3. The van der Waals surface area contributed by atoms with Crippen molar-refractivity contribution in [3.05, 3.63) is 35.4 Å². The Kier molecular flexibility index (Phi) is 3.32. The van der Waals surface area contributed by atoms with Gasteiger partial charge in [-0.15, -0.1) is 0 Å². The molecule has 1 aromatic carbocycles. The van der Waals surface area contributed by atoms with Crippen LogP contribution in [-0.2, 0) is 26.4 Å². The minimum atomic E-state index is -4.59. The first kappa shape index (κ1) is 16.6. The summed E-state index contributed by atoms with van der Waals surface area (Å²) in [6.07, 6.45) is 4.14. The molecule has 7 nitrogen and oxygen atoms in total. The van der Waals surface area contributed by atoms with Crippen molar-refractivity contribution in [1.82, 2.24) is 4.90 Å². The third kappa shape index (κ3) is 2.01. The summed E-state index contributed by atoms with van der Waals surface area (Å²) in [6.45, 7) is 0.892. The molecule has 0 amide bonds. The zero-order valence-electron chi connectivity index (χ0n) is 14.6. The quantitative estimate of drug-likeness (QED) is 0.626. The number of hydrogen-bond acceptors (Lipinski definition) is 6. The largest absolute Gasteiger partial charge is 0.493 e. The summed E-state index contributed by atoms with van der Waals surface area (Å²) in [4.78, 5) is 2.37. The van der Waals surface area contributed by atoms with E-state index in [1.807, 2.05) is 12.1 Å². The lowest BCUT2D eigenvalue weighted by molar-refractivity contribution is -0.0389. The van der Waals surface area contributed by atoms with Crippen LogP contribution in [0.15, 0.2) is 24.3 Å². The molecule has 8 heteroatoms. The van der Waals surface area contributed by atoms with Gasteiger partial charge >= 0.3 is 10.4 Å².